The normalized spacial score (nSPS) is 11.1. The van der Waals surface area contributed by atoms with Crippen LogP contribution in [0.5, 0.6) is 0 Å². The first kappa shape index (κ1) is 16.4. The molecule has 4 heteroatoms. The molecule has 0 aliphatic carbocycles. The van der Waals surface area contributed by atoms with Gasteiger partial charge in [-0.2, -0.15) is 5.10 Å². The minimum absolute atomic E-state index is 0.758. The fraction of sp³-hybridized carbons (Fsp3) is 0.867. The summed E-state index contributed by atoms with van der Waals surface area (Å²) in [6.07, 6.45) is 13.3. The van der Waals surface area contributed by atoms with Crippen LogP contribution in [0, 0.1) is 4.77 Å². The van der Waals surface area contributed by atoms with Gasteiger partial charge in [0.2, 0.25) is 0 Å². The Balaban J connectivity index is 2.03. The van der Waals surface area contributed by atoms with E-state index < -0.39 is 0 Å². The summed E-state index contributed by atoms with van der Waals surface area (Å²) in [4.78, 5) is 0. The van der Waals surface area contributed by atoms with Crippen LogP contribution in [0.15, 0.2) is 0 Å². The van der Waals surface area contributed by atoms with Crippen LogP contribution in [0.3, 0.4) is 0 Å². The number of hydrogen-bond acceptors (Lipinski definition) is 2. The minimum atomic E-state index is 0.758. The molecule has 110 valence electrons. The predicted octanol–water partition coefficient (Wildman–Crippen LogP) is 5.03. The second kappa shape index (κ2) is 10.2. The molecular formula is C15H29N3S. The topological polar surface area (TPSA) is 33.6 Å². The van der Waals surface area contributed by atoms with Gasteiger partial charge in [0, 0.05) is 13.0 Å². The number of unbranched alkanes of at least 4 members (excludes halogenated alkanes) is 8. The molecule has 0 aliphatic heterocycles. The third-order valence-electron chi connectivity index (χ3n) is 3.66. The van der Waals surface area contributed by atoms with Gasteiger partial charge >= 0.3 is 0 Å². The summed E-state index contributed by atoms with van der Waals surface area (Å²) in [7, 11) is 0. The number of H-pyrrole nitrogens is 1. The number of rotatable bonds is 11. The highest BCUT2D eigenvalue weighted by atomic mass is 32.1. The van der Waals surface area contributed by atoms with Crippen molar-refractivity contribution in [2.45, 2.75) is 84.6 Å². The van der Waals surface area contributed by atoms with E-state index in [0.29, 0.717) is 0 Å². The van der Waals surface area contributed by atoms with Gasteiger partial charge < -0.3 is 4.57 Å². The Morgan fingerprint density at radius 1 is 0.947 bits per heavy atom. The summed E-state index contributed by atoms with van der Waals surface area (Å²) >= 11 is 5.19. The first-order valence-electron chi connectivity index (χ1n) is 7.93. The monoisotopic (exact) mass is 283 g/mol. The zero-order valence-corrected chi connectivity index (χ0v) is 13.4. The van der Waals surface area contributed by atoms with Crippen LogP contribution >= 0.6 is 12.2 Å². The van der Waals surface area contributed by atoms with Gasteiger partial charge in [0.1, 0.15) is 5.82 Å². The maximum Gasteiger partial charge on any atom is 0.195 e. The van der Waals surface area contributed by atoms with E-state index in [4.69, 9.17) is 12.2 Å². The van der Waals surface area contributed by atoms with Crippen molar-refractivity contribution in [2.24, 2.45) is 0 Å². The van der Waals surface area contributed by atoms with Gasteiger partial charge in [0.05, 0.1) is 0 Å². The van der Waals surface area contributed by atoms with E-state index in [1.807, 2.05) is 0 Å². The summed E-state index contributed by atoms with van der Waals surface area (Å²) in [5.74, 6) is 1.12. The molecule has 0 radical (unpaired) electrons. The van der Waals surface area contributed by atoms with Crippen molar-refractivity contribution in [1.82, 2.24) is 14.8 Å². The molecule has 1 heterocycles. The SMILES string of the molecule is CCCCCCCCCCCc1n[nH]c(=S)n1CC. The second-order valence-corrected chi connectivity index (χ2v) is 5.65. The summed E-state index contributed by atoms with van der Waals surface area (Å²) in [5, 5.41) is 7.18. The highest BCUT2D eigenvalue weighted by Gasteiger charge is 2.03. The Kier molecular flexibility index (Phi) is 8.80. The lowest BCUT2D eigenvalue weighted by Gasteiger charge is -2.04. The zero-order valence-electron chi connectivity index (χ0n) is 12.6. The van der Waals surface area contributed by atoms with Crippen LogP contribution in [-0.4, -0.2) is 14.8 Å². The van der Waals surface area contributed by atoms with Crippen molar-refractivity contribution in [3.05, 3.63) is 10.6 Å². The van der Waals surface area contributed by atoms with Crippen molar-refractivity contribution in [3.63, 3.8) is 0 Å². The molecule has 0 aliphatic rings. The summed E-state index contributed by atoms with van der Waals surface area (Å²) < 4.78 is 2.86. The van der Waals surface area contributed by atoms with Crippen LogP contribution < -0.4 is 0 Å². The molecule has 1 aromatic rings. The molecule has 0 bridgehead atoms. The minimum Gasteiger partial charge on any atom is -0.304 e. The lowest BCUT2D eigenvalue weighted by Crippen LogP contribution is -2.02. The summed E-state index contributed by atoms with van der Waals surface area (Å²) in [5.41, 5.74) is 0. The third-order valence-corrected chi connectivity index (χ3v) is 3.97. The molecule has 3 nitrogen and oxygen atoms in total. The van der Waals surface area contributed by atoms with Crippen molar-refractivity contribution >= 4 is 12.2 Å². The van der Waals surface area contributed by atoms with Crippen LogP contribution in [0.2, 0.25) is 0 Å². The van der Waals surface area contributed by atoms with Crippen molar-refractivity contribution in [3.8, 4) is 0 Å². The second-order valence-electron chi connectivity index (χ2n) is 5.27. The lowest BCUT2D eigenvalue weighted by atomic mass is 10.1. The van der Waals surface area contributed by atoms with Gasteiger partial charge in [-0.05, 0) is 25.6 Å². The Morgan fingerprint density at radius 2 is 1.53 bits per heavy atom. The first-order valence-corrected chi connectivity index (χ1v) is 8.34. The highest BCUT2D eigenvalue weighted by molar-refractivity contribution is 7.71. The molecule has 19 heavy (non-hydrogen) atoms. The van der Waals surface area contributed by atoms with Crippen LogP contribution in [0.1, 0.15) is 77.5 Å². The van der Waals surface area contributed by atoms with E-state index in [2.05, 4.69) is 28.6 Å². The summed E-state index contributed by atoms with van der Waals surface area (Å²) in [6.45, 7) is 5.30. The average Bonchev–Trinajstić information content (AvgIpc) is 2.77. The van der Waals surface area contributed by atoms with E-state index in [0.717, 1.165) is 23.6 Å². The van der Waals surface area contributed by atoms with E-state index in [-0.39, 0.29) is 0 Å². The van der Waals surface area contributed by atoms with Crippen molar-refractivity contribution in [1.29, 1.82) is 0 Å². The first-order chi connectivity index (χ1) is 9.29. The maximum absolute atomic E-state index is 5.19. The predicted molar refractivity (Wildman–Crippen MR) is 84.0 cm³/mol. The van der Waals surface area contributed by atoms with E-state index >= 15 is 0 Å². The van der Waals surface area contributed by atoms with Gasteiger partial charge in [-0.1, -0.05) is 58.3 Å². The standard InChI is InChI=1S/C15H29N3S/c1-3-5-6-7-8-9-10-11-12-13-14-16-17-15(19)18(14)4-2/h3-13H2,1-2H3,(H,17,19). The summed E-state index contributed by atoms with van der Waals surface area (Å²) in [6, 6.07) is 0. The number of aryl methyl sites for hydroxylation is 1. The lowest BCUT2D eigenvalue weighted by molar-refractivity contribution is 0.556. The molecule has 1 aromatic heterocycles. The fourth-order valence-electron chi connectivity index (χ4n) is 2.46. The van der Waals surface area contributed by atoms with Crippen LogP contribution in [-0.2, 0) is 13.0 Å². The van der Waals surface area contributed by atoms with Gasteiger partial charge in [-0.15, -0.1) is 0 Å². The van der Waals surface area contributed by atoms with Gasteiger partial charge in [0.15, 0.2) is 4.77 Å². The zero-order chi connectivity index (χ0) is 13.9. The molecule has 0 aromatic carbocycles. The Morgan fingerprint density at radius 3 is 2.11 bits per heavy atom. The molecule has 1 N–H and O–H groups in total. The van der Waals surface area contributed by atoms with Crippen LogP contribution in [0.4, 0.5) is 0 Å². The molecule has 1 rings (SSSR count). The molecule has 0 atom stereocenters. The van der Waals surface area contributed by atoms with Crippen molar-refractivity contribution in [2.75, 3.05) is 0 Å². The van der Waals surface area contributed by atoms with Gasteiger partial charge in [-0.25, -0.2) is 0 Å². The fourth-order valence-corrected chi connectivity index (χ4v) is 2.74. The highest BCUT2D eigenvalue weighted by Crippen LogP contribution is 2.11. The largest absolute Gasteiger partial charge is 0.304 e. The molecule has 0 unspecified atom stereocenters. The molecule has 0 saturated carbocycles. The van der Waals surface area contributed by atoms with E-state index in [1.165, 1.54) is 57.8 Å². The number of aromatic nitrogens is 3. The number of hydrogen-bond donors (Lipinski definition) is 1. The molecule has 0 amide bonds. The molecule has 0 fully saturated rings. The quantitative estimate of drug-likeness (QED) is 0.456. The van der Waals surface area contributed by atoms with E-state index in [9.17, 15) is 0 Å². The third kappa shape index (κ3) is 6.37. The Hall–Kier alpha value is -0.640. The molecular weight excluding hydrogens is 254 g/mol. The van der Waals surface area contributed by atoms with Gasteiger partial charge in [0.25, 0.3) is 0 Å². The van der Waals surface area contributed by atoms with Crippen molar-refractivity contribution < 1.29 is 0 Å². The van der Waals surface area contributed by atoms with Crippen LogP contribution in [0.25, 0.3) is 0 Å². The Bertz CT molecular complexity index is 381. The molecule has 0 saturated heterocycles. The molecule has 0 spiro atoms. The Labute approximate surface area is 122 Å². The number of nitrogens with zero attached hydrogens (tertiary/aromatic N) is 2. The smallest absolute Gasteiger partial charge is 0.195 e. The van der Waals surface area contributed by atoms with Gasteiger partial charge in [-0.3, -0.25) is 5.10 Å². The average molecular weight is 283 g/mol. The van der Waals surface area contributed by atoms with E-state index in [1.54, 1.807) is 0 Å². The number of nitrogens with one attached hydrogen (secondary N) is 1. The number of aromatic amines is 1. The maximum atomic E-state index is 5.19.